The molecule has 0 aromatic heterocycles. The SMILES string of the molecule is COC(=O)N1CCN(CC2C(C)C2Cl)CC1. The van der Waals surface area contributed by atoms with Crippen LogP contribution in [0, 0.1) is 11.8 Å². The Hall–Kier alpha value is -0.480. The normalized spacial score (nSPS) is 34.9. The van der Waals surface area contributed by atoms with E-state index in [-0.39, 0.29) is 6.09 Å². The van der Waals surface area contributed by atoms with Crippen LogP contribution in [-0.4, -0.2) is 61.1 Å². The maximum atomic E-state index is 11.3. The van der Waals surface area contributed by atoms with Crippen molar-refractivity contribution in [2.75, 3.05) is 39.8 Å². The van der Waals surface area contributed by atoms with Gasteiger partial charge in [0.05, 0.1) is 7.11 Å². The van der Waals surface area contributed by atoms with Gasteiger partial charge in [-0.25, -0.2) is 4.79 Å². The fraction of sp³-hybridized carbons (Fsp3) is 0.909. The Balaban J connectivity index is 1.71. The summed E-state index contributed by atoms with van der Waals surface area (Å²) in [6.45, 7) is 6.67. The van der Waals surface area contributed by atoms with Gasteiger partial charge in [-0.15, -0.1) is 11.6 Å². The van der Waals surface area contributed by atoms with Gasteiger partial charge in [-0.05, 0) is 11.8 Å². The zero-order valence-corrected chi connectivity index (χ0v) is 10.6. The molecule has 16 heavy (non-hydrogen) atoms. The van der Waals surface area contributed by atoms with Crippen LogP contribution in [0.4, 0.5) is 4.79 Å². The van der Waals surface area contributed by atoms with Crippen molar-refractivity contribution < 1.29 is 9.53 Å². The fourth-order valence-electron chi connectivity index (χ4n) is 2.30. The molecule has 0 bridgehead atoms. The van der Waals surface area contributed by atoms with Crippen LogP contribution in [0.3, 0.4) is 0 Å². The van der Waals surface area contributed by atoms with Crippen LogP contribution in [0.15, 0.2) is 0 Å². The Morgan fingerprint density at radius 1 is 1.38 bits per heavy atom. The number of carbonyl (C=O) groups is 1. The van der Waals surface area contributed by atoms with Gasteiger partial charge in [-0.2, -0.15) is 0 Å². The molecule has 1 saturated carbocycles. The van der Waals surface area contributed by atoms with Gasteiger partial charge in [-0.3, -0.25) is 4.90 Å². The number of amides is 1. The Morgan fingerprint density at radius 2 is 1.94 bits per heavy atom. The molecule has 2 rings (SSSR count). The molecular formula is C11H19ClN2O2. The number of nitrogens with zero attached hydrogens (tertiary/aromatic N) is 2. The van der Waals surface area contributed by atoms with Crippen LogP contribution in [0.1, 0.15) is 6.92 Å². The molecule has 92 valence electrons. The van der Waals surface area contributed by atoms with E-state index in [0.717, 1.165) is 32.7 Å². The molecule has 2 aliphatic rings. The van der Waals surface area contributed by atoms with Gasteiger partial charge in [0.15, 0.2) is 0 Å². The summed E-state index contributed by atoms with van der Waals surface area (Å²) in [5, 5.41) is 0.360. The minimum atomic E-state index is -0.213. The third kappa shape index (κ3) is 2.43. The summed E-state index contributed by atoms with van der Waals surface area (Å²) >= 11 is 6.11. The lowest BCUT2D eigenvalue weighted by molar-refractivity contribution is 0.0892. The molecule has 4 nitrogen and oxygen atoms in total. The van der Waals surface area contributed by atoms with E-state index >= 15 is 0 Å². The van der Waals surface area contributed by atoms with E-state index in [1.807, 2.05) is 0 Å². The second-order valence-electron chi connectivity index (χ2n) is 4.73. The van der Waals surface area contributed by atoms with E-state index in [9.17, 15) is 4.79 Å². The average Bonchev–Trinajstić information content (AvgIpc) is 2.87. The van der Waals surface area contributed by atoms with E-state index in [1.54, 1.807) is 4.90 Å². The zero-order chi connectivity index (χ0) is 11.7. The molecule has 0 radical (unpaired) electrons. The lowest BCUT2D eigenvalue weighted by Crippen LogP contribution is -2.49. The molecular weight excluding hydrogens is 228 g/mol. The highest BCUT2D eigenvalue weighted by molar-refractivity contribution is 6.23. The predicted molar refractivity (Wildman–Crippen MR) is 62.7 cm³/mol. The van der Waals surface area contributed by atoms with Crippen LogP contribution >= 0.6 is 11.6 Å². The van der Waals surface area contributed by atoms with Crippen LogP contribution in [0.25, 0.3) is 0 Å². The van der Waals surface area contributed by atoms with E-state index in [1.165, 1.54) is 7.11 Å². The highest BCUT2D eigenvalue weighted by Gasteiger charge is 2.46. The first kappa shape index (κ1) is 12.0. The van der Waals surface area contributed by atoms with E-state index < -0.39 is 0 Å². The van der Waals surface area contributed by atoms with Crippen LogP contribution in [0.5, 0.6) is 0 Å². The Morgan fingerprint density at radius 3 is 2.38 bits per heavy atom. The molecule has 1 amide bonds. The van der Waals surface area contributed by atoms with Gasteiger partial charge in [0, 0.05) is 38.1 Å². The Labute approximate surface area is 101 Å². The molecule has 3 unspecified atom stereocenters. The van der Waals surface area contributed by atoms with Crippen LogP contribution in [0.2, 0.25) is 0 Å². The maximum Gasteiger partial charge on any atom is 0.409 e. The zero-order valence-electron chi connectivity index (χ0n) is 9.86. The second-order valence-corrected chi connectivity index (χ2v) is 5.23. The summed E-state index contributed by atoms with van der Waals surface area (Å²) < 4.78 is 4.70. The summed E-state index contributed by atoms with van der Waals surface area (Å²) in [7, 11) is 1.43. The number of alkyl halides is 1. The van der Waals surface area contributed by atoms with Crippen LogP contribution in [-0.2, 0) is 4.74 Å². The first-order valence-corrected chi connectivity index (χ1v) is 6.26. The lowest BCUT2D eigenvalue weighted by atomic mass is 10.2. The molecule has 3 atom stereocenters. The quantitative estimate of drug-likeness (QED) is 0.688. The number of methoxy groups -OCH3 is 1. The van der Waals surface area contributed by atoms with Crippen molar-refractivity contribution in [1.82, 2.24) is 9.80 Å². The third-order valence-electron chi connectivity index (χ3n) is 3.72. The van der Waals surface area contributed by atoms with Gasteiger partial charge in [-0.1, -0.05) is 6.92 Å². The highest BCUT2D eigenvalue weighted by Crippen LogP contribution is 2.43. The van der Waals surface area contributed by atoms with E-state index in [2.05, 4.69) is 11.8 Å². The van der Waals surface area contributed by atoms with Crippen molar-refractivity contribution in [3.63, 3.8) is 0 Å². The molecule has 1 aliphatic heterocycles. The molecule has 0 aromatic carbocycles. The van der Waals surface area contributed by atoms with E-state index in [0.29, 0.717) is 17.2 Å². The summed E-state index contributed by atoms with van der Waals surface area (Å²) in [6, 6.07) is 0. The third-order valence-corrected chi connectivity index (χ3v) is 4.44. The number of carbonyl (C=O) groups excluding carboxylic acids is 1. The topological polar surface area (TPSA) is 32.8 Å². The van der Waals surface area contributed by atoms with Gasteiger partial charge in [0.1, 0.15) is 0 Å². The summed E-state index contributed by atoms with van der Waals surface area (Å²) in [5.74, 6) is 1.30. The lowest BCUT2D eigenvalue weighted by Gasteiger charge is -2.33. The van der Waals surface area contributed by atoms with Crippen molar-refractivity contribution in [3.8, 4) is 0 Å². The van der Waals surface area contributed by atoms with Crippen molar-refractivity contribution in [2.24, 2.45) is 11.8 Å². The summed E-state index contributed by atoms with van der Waals surface area (Å²) in [6.07, 6.45) is -0.213. The number of hydrogen-bond acceptors (Lipinski definition) is 3. The summed E-state index contributed by atoms with van der Waals surface area (Å²) in [5.41, 5.74) is 0. The molecule has 1 saturated heterocycles. The first-order valence-electron chi connectivity index (χ1n) is 5.83. The van der Waals surface area contributed by atoms with Crippen LogP contribution < -0.4 is 0 Å². The number of ether oxygens (including phenoxy) is 1. The minimum Gasteiger partial charge on any atom is -0.453 e. The van der Waals surface area contributed by atoms with Crippen molar-refractivity contribution in [1.29, 1.82) is 0 Å². The number of hydrogen-bond donors (Lipinski definition) is 0. The minimum absolute atomic E-state index is 0.213. The van der Waals surface area contributed by atoms with Crippen molar-refractivity contribution in [2.45, 2.75) is 12.3 Å². The van der Waals surface area contributed by atoms with Crippen molar-refractivity contribution in [3.05, 3.63) is 0 Å². The molecule has 1 heterocycles. The average molecular weight is 247 g/mol. The Kier molecular flexibility index (Phi) is 3.60. The highest BCUT2D eigenvalue weighted by atomic mass is 35.5. The van der Waals surface area contributed by atoms with Gasteiger partial charge < -0.3 is 9.64 Å². The second kappa shape index (κ2) is 4.80. The molecule has 0 N–H and O–H groups in total. The predicted octanol–water partition coefficient (Wildman–Crippen LogP) is 1.24. The summed E-state index contributed by atoms with van der Waals surface area (Å²) in [4.78, 5) is 15.4. The Bertz CT molecular complexity index is 259. The molecule has 5 heteroatoms. The first-order chi connectivity index (χ1) is 7.63. The maximum absolute atomic E-state index is 11.3. The van der Waals surface area contributed by atoms with Gasteiger partial charge in [0.2, 0.25) is 0 Å². The molecule has 1 aliphatic carbocycles. The van der Waals surface area contributed by atoms with Crippen molar-refractivity contribution >= 4 is 17.7 Å². The number of rotatable bonds is 2. The smallest absolute Gasteiger partial charge is 0.409 e. The monoisotopic (exact) mass is 246 g/mol. The van der Waals surface area contributed by atoms with E-state index in [4.69, 9.17) is 16.3 Å². The molecule has 0 spiro atoms. The van der Waals surface area contributed by atoms with Gasteiger partial charge >= 0.3 is 6.09 Å². The number of piperazine rings is 1. The fourth-order valence-corrected chi connectivity index (χ4v) is 2.71. The van der Waals surface area contributed by atoms with Gasteiger partial charge in [0.25, 0.3) is 0 Å². The molecule has 2 fully saturated rings. The molecule has 0 aromatic rings. The number of halogens is 1. The largest absolute Gasteiger partial charge is 0.453 e. The standard InChI is InChI=1S/C11H19ClN2O2/c1-8-9(10(8)12)7-13-3-5-14(6-4-13)11(15)16-2/h8-10H,3-7H2,1-2H3.